The molecule has 24 heavy (non-hydrogen) atoms. The first-order valence-electron chi connectivity index (χ1n) is 7.41. The topological polar surface area (TPSA) is 66.0 Å². The molecule has 1 rings (SSSR count). The third kappa shape index (κ3) is 9.21. The number of carbonyl (C=O) groups excluding carboxylic acids is 1. The summed E-state index contributed by atoms with van der Waals surface area (Å²) in [7, 11) is 5.11. The molecule has 0 heterocycles. The predicted octanol–water partition coefficient (Wildman–Crippen LogP) is 1.80. The molecule has 1 aromatic rings. The van der Waals surface area contributed by atoms with Gasteiger partial charge in [-0.3, -0.25) is 4.79 Å². The summed E-state index contributed by atoms with van der Waals surface area (Å²) in [5.41, 5.74) is 1.05. The molecule has 0 radical (unpaired) electrons. The molecule has 1 aromatic carbocycles. The summed E-state index contributed by atoms with van der Waals surface area (Å²) in [5.74, 6) is 2.43. The van der Waals surface area contributed by atoms with Gasteiger partial charge in [0, 0.05) is 26.4 Å². The third-order valence-electron chi connectivity index (χ3n) is 3.06. The number of benzene rings is 1. The molecular formula is C16H27IN4O2S. The highest BCUT2D eigenvalue weighted by Gasteiger charge is 2.05. The summed E-state index contributed by atoms with van der Waals surface area (Å²) in [6, 6.07) is 7.79. The van der Waals surface area contributed by atoms with E-state index in [0.29, 0.717) is 12.5 Å². The van der Waals surface area contributed by atoms with Crippen molar-refractivity contribution < 1.29 is 9.53 Å². The van der Waals surface area contributed by atoms with Crippen molar-refractivity contribution in [2.45, 2.75) is 6.54 Å². The van der Waals surface area contributed by atoms with Crippen LogP contribution in [0.15, 0.2) is 29.3 Å². The van der Waals surface area contributed by atoms with Crippen molar-refractivity contribution in [1.82, 2.24) is 15.5 Å². The van der Waals surface area contributed by atoms with Crippen LogP contribution in [0.2, 0.25) is 0 Å². The Morgan fingerprint density at radius 2 is 2.08 bits per heavy atom. The zero-order valence-corrected chi connectivity index (χ0v) is 17.8. The molecule has 0 unspecified atom stereocenters. The van der Waals surface area contributed by atoms with Crippen LogP contribution in [-0.4, -0.2) is 63.1 Å². The van der Waals surface area contributed by atoms with E-state index in [1.54, 1.807) is 37.9 Å². The van der Waals surface area contributed by atoms with Crippen molar-refractivity contribution in [3.05, 3.63) is 29.8 Å². The zero-order chi connectivity index (χ0) is 17.1. The van der Waals surface area contributed by atoms with Gasteiger partial charge in [0.1, 0.15) is 5.75 Å². The molecule has 0 aliphatic carbocycles. The maximum absolute atomic E-state index is 11.7. The molecule has 0 spiro atoms. The van der Waals surface area contributed by atoms with E-state index in [-0.39, 0.29) is 36.4 Å². The average molecular weight is 466 g/mol. The van der Waals surface area contributed by atoms with Crippen molar-refractivity contribution in [1.29, 1.82) is 0 Å². The zero-order valence-electron chi connectivity index (χ0n) is 14.7. The molecule has 6 nitrogen and oxygen atoms in total. The Labute approximate surface area is 165 Å². The molecule has 0 aromatic heterocycles. The molecule has 2 N–H and O–H groups in total. The van der Waals surface area contributed by atoms with Crippen molar-refractivity contribution >= 4 is 47.6 Å². The maximum Gasteiger partial charge on any atom is 0.241 e. The van der Waals surface area contributed by atoms with E-state index in [1.165, 1.54) is 0 Å². The Bertz CT molecular complexity index is 527. The summed E-state index contributed by atoms with van der Waals surface area (Å²) in [6.07, 6.45) is 2.05. The number of nitrogens with one attached hydrogen (secondary N) is 2. The van der Waals surface area contributed by atoms with Crippen molar-refractivity contribution in [3.63, 3.8) is 0 Å². The van der Waals surface area contributed by atoms with Gasteiger partial charge in [0.05, 0.1) is 20.2 Å². The lowest BCUT2D eigenvalue weighted by molar-refractivity contribution is -0.127. The van der Waals surface area contributed by atoms with Crippen LogP contribution in [0.1, 0.15) is 5.56 Å². The number of carbonyl (C=O) groups is 1. The van der Waals surface area contributed by atoms with Crippen LogP contribution >= 0.6 is 35.7 Å². The lowest BCUT2D eigenvalue weighted by Gasteiger charge is -2.14. The fourth-order valence-corrected chi connectivity index (χ4v) is 2.01. The van der Waals surface area contributed by atoms with Gasteiger partial charge in [-0.15, -0.1) is 24.0 Å². The van der Waals surface area contributed by atoms with Gasteiger partial charge >= 0.3 is 0 Å². The summed E-state index contributed by atoms with van der Waals surface area (Å²) >= 11 is 1.76. The number of ether oxygens (including phenoxy) is 1. The highest BCUT2D eigenvalue weighted by atomic mass is 127. The minimum absolute atomic E-state index is 0. The molecule has 1 amide bonds. The molecule has 0 saturated heterocycles. The average Bonchev–Trinajstić information content (AvgIpc) is 2.56. The number of likely N-dealkylation sites (N-methyl/N-ethyl adjacent to an activating group) is 1. The number of hydrogen-bond donors (Lipinski definition) is 2. The number of methoxy groups -OCH3 is 1. The van der Waals surface area contributed by atoms with E-state index >= 15 is 0 Å². The lowest BCUT2D eigenvalue weighted by atomic mass is 10.2. The first-order chi connectivity index (χ1) is 11.1. The van der Waals surface area contributed by atoms with Gasteiger partial charge in [0.2, 0.25) is 5.91 Å². The monoisotopic (exact) mass is 466 g/mol. The van der Waals surface area contributed by atoms with Gasteiger partial charge in [0.15, 0.2) is 5.96 Å². The quantitative estimate of drug-likeness (QED) is 0.265. The predicted molar refractivity (Wildman–Crippen MR) is 113 cm³/mol. The van der Waals surface area contributed by atoms with Gasteiger partial charge < -0.3 is 20.3 Å². The fraction of sp³-hybridized carbons (Fsp3) is 0.500. The van der Waals surface area contributed by atoms with Crippen LogP contribution in [0.3, 0.4) is 0 Å². The SMILES string of the molecule is COc1cccc(CN=C(NCCSC)NCC(=O)N(C)C)c1.I. The highest BCUT2D eigenvalue weighted by Crippen LogP contribution is 2.13. The number of aliphatic imine (C=N–C) groups is 1. The van der Waals surface area contributed by atoms with Crippen molar-refractivity contribution in [2.24, 2.45) is 4.99 Å². The number of hydrogen-bond acceptors (Lipinski definition) is 4. The van der Waals surface area contributed by atoms with E-state index in [4.69, 9.17) is 4.74 Å². The van der Waals surface area contributed by atoms with Gasteiger partial charge in [-0.2, -0.15) is 11.8 Å². The molecule has 0 atom stereocenters. The highest BCUT2D eigenvalue weighted by molar-refractivity contribution is 14.0. The molecule has 0 aliphatic rings. The van der Waals surface area contributed by atoms with E-state index in [0.717, 1.165) is 23.6 Å². The van der Waals surface area contributed by atoms with Crippen LogP contribution in [0, 0.1) is 0 Å². The fourth-order valence-electron chi connectivity index (χ4n) is 1.70. The summed E-state index contributed by atoms with van der Waals surface area (Å²) in [6.45, 7) is 1.53. The summed E-state index contributed by atoms with van der Waals surface area (Å²) < 4.78 is 5.21. The number of thioether (sulfide) groups is 1. The largest absolute Gasteiger partial charge is 0.497 e. The molecule has 0 bridgehead atoms. The molecule has 0 fully saturated rings. The summed E-state index contributed by atoms with van der Waals surface area (Å²) in [4.78, 5) is 17.8. The molecule has 136 valence electrons. The van der Waals surface area contributed by atoms with Crippen molar-refractivity contribution in [3.8, 4) is 5.75 Å². The normalized spacial score (nSPS) is 10.6. The Hall–Kier alpha value is -1.16. The molecule has 8 heteroatoms. The standard InChI is InChI=1S/C16H26N4O2S.HI/c1-20(2)15(21)12-19-16(17-8-9-23-4)18-11-13-6-5-7-14(10-13)22-3;/h5-7,10H,8-9,11-12H2,1-4H3,(H2,17,18,19);1H. The van der Waals surface area contributed by atoms with Crippen LogP contribution in [-0.2, 0) is 11.3 Å². The van der Waals surface area contributed by atoms with Gasteiger partial charge in [-0.25, -0.2) is 4.99 Å². The second kappa shape index (κ2) is 13.2. The minimum atomic E-state index is 0. The first kappa shape index (κ1) is 22.8. The van der Waals surface area contributed by atoms with Gasteiger partial charge in [-0.1, -0.05) is 12.1 Å². The number of halogens is 1. The van der Waals surface area contributed by atoms with E-state index < -0.39 is 0 Å². The van der Waals surface area contributed by atoms with Crippen LogP contribution in [0.4, 0.5) is 0 Å². The Morgan fingerprint density at radius 3 is 2.71 bits per heavy atom. The molecular weight excluding hydrogens is 439 g/mol. The number of nitrogens with zero attached hydrogens (tertiary/aromatic N) is 2. The van der Waals surface area contributed by atoms with Gasteiger partial charge in [0.25, 0.3) is 0 Å². The summed E-state index contributed by atoms with van der Waals surface area (Å²) in [5, 5.41) is 6.30. The van der Waals surface area contributed by atoms with Crippen molar-refractivity contribution in [2.75, 3.05) is 46.3 Å². The van der Waals surface area contributed by atoms with Crippen LogP contribution in [0.25, 0.3) is 0 Å². The smallest absolute Gasteiger partial charge is 0.241 e. The third-order valence-corrected chi connectivity index (χ3v) is 3.67. The van der Waals surface area contributed by atoms with E-state index in [2.05, 4.69) is 21.9 Å². The van der Waals surface area contributed by atoms with Gasteiger partial charge in [-0.05, 0) is 24.0 Å². The molecule has 0 aliphatic heterocycles. The second-order valence-electron chi connectivity index (χ2n) is 5.08. The molecule has 0 saturated carbocycles. The first-order valence-corrected chi connectivity index (χ1v) is 8.80. The minimum Gasteiger partial charge on any atom is -0.497 e. The van der Waals surface area contributed by atoms with Crippen LogP contribution in [0.5, 0.6) is 5.75 Å². The Balaban J connectivity index is 0.00000529. The Kier molecular flexibility index (Phi) is 12.5. The maximum atomic E-state index is 11.7. The lowest BCUT2D eigenvalue weighted by Crippen LogP contribution is -2.43. The number of guanidine groups is 1. The second-order valence-corrected chi connectivity index (χ2v) is 6.06. The number of rotatable bonds is 8. The van der Waals surface area contributed by atoms with Crippen LogP contribution < -0.4 is 15.4 Å². The Morgan fingerprint density at radius 1 is 1.33 bits per heavy atom. The van der Waals surface area contributed by atoms with E-state index in [1.807, 2.05) is 24.3 Å². The number of amides is 1. The van der Waals surface area contributed by atoms with E-state index in [9.17, 15) is 4.79 Å².